The van der Waals surface area contributed by atoms with Gasteiger partial charge in [0.25, 0.3) is 5.91 Å². The molecule has 168 valence electrons. The first-order chi connectivity index (χ1) is 16.1. The highest BCUT2D eigenvalue weighted by molar-refractivity contribution is 5.99. The molecule has 6 nitrogen and oxygen atoms in total. The maximum Gasteiger partial charge on any atom is 0.255 e. The van der Waals surface area contributed by atoms with Crippen LogP contribution in [-0.4, -0.2) is 47.8 Å². The molecule has 33 heavy (non-hydrogen) atoms. The van der Waals surface area contributed by atoms with Gasteiger partial charge in [0.05, 0.1) is 11.3 Å². The quantitative estimate of drug-likeness (QED) is 0.419. The maximum absolute atomic E-state index is 13.2. The molecule has 0 saturated heterocycles. The lowest BCUT2D eigenvalue weighted by Crippen LogP contribution is -2.23. The smallest absolute Gasteiger partial charge is 0.255 e. The van der Waals surface area contributed by atoms with Gasteiger partial charge in [-0.15, -0.1) is 0 Å². The standard InChI is InChI=1S/C27H28N4O2/c1-30(2)16-17-33-24-15-9-10-21(18-24)19-28-27(32)25-20-31(23-13-7-4-8-14-23)29-26(25)22-11-5-3-6-12-22/h3-15,18,20H,16-17,19H2,1-2H3,(H,28,32). The summed E-state index contributed by atoms with van der Waals surface area (Å²) in [6, 6.07) is 27.4. The number of nitrogens with one attached hydrogen (secondary N) is 1. The van der Waals surface area contributed by atoms with E-state index in [2.05, 4.69) is 10.2 Å². The Kier molecular flexibility index (Phi) is 7.17. The summed E-state index contributed by atoms with van der Waals surface area (Å²) in [4.78, 5) is 15.3. The molecule has 0 unspecified atom stereocenters. The fraction of sp³-hybridized carbons (Fsp3) is 0.185. The van der Waals surface area contributed by atoms with Crippen LogP contribution in [0.5, 0.6) is 5.75 Å². The van der Waals surface area contributed by atoms with Crippen molar-refractivity contribution in [1.29, 1.82) is 0 Å². The van der Waals surface area contributed by atoms with Crippen molar-refractivity contribution in [3.63, 3.8) is 0 Å². The molecule has 1 amide bonds. The third kappa shape index (κ3) is 5.87. The minimum absolute atomic E-state index is 0.171. The largest absolute Gasteiger partial charge is 0.492 e. The minimum atomic E-state index is -0.171. The number of ether oxygens (including phenoxy) is 1. The molecule has 0 saturated carbocycles. The first-order valence-electron chi connectivity index (χ1n) is 11.0. The molecule has 1 aromatic heterocycles. The van der Waals surface area contributed by atoms with Crippen LogP contribution in [0.15, 0.2) is 91.1 Å². The molecule has 1 heterocycles. The number of carbonyl (C=O) groups is 1. The van der Waals surface area contributed by atoms with Gasteiger partial charge in [0.15, 0.2) is 0 Å². The van der Waals surface area contributed by atoms with Crippen molar-refractivity contribution in [1.82, 2.24) is 20.0 Å². The third-order valence-corrected chi connectivity index (χ3v) is 5.19. The number of amides is 1. The van der Waals surface area contributed by atoms with Crippen molar-refractivity contribution in [2.75, 3.05) is 27.2 Å². The van der Waals surface area contributed by atoms with E-state index in [1.165, 1.54) is 0 Å². The second-order valence-electron chi connectivity index (χ2n) is 8.02. The molecule has 0 aliphatic rings. The number of hydrogen-bond acceptors (Lipinski definition) is 4. The number of benzene rings is 3. The number of hydrogen-bond donors (Lipinski definition) is 1. The van der Waals surface area contributed by atoms with Crippen LogP contribution in [0.2, 0.25) is 0 Å². The van der Waals surface area contributed by atoms with Gasteiger partial charge in [0.2, 0.25) is 0 Å². The van der Waals surface area contributed by atoms with Crippen LogP contribution in [0, 0.1) is 0 Å². The summed E-state index contributed by atoms with van der Waals surface area (Å²) in [6.07, 6.45) is 1.79. The number of para-hydroxylation sites is 1. The minimum Gasteiger partial charge on any atom is -0.492 e. The summed E-state index contributed by atoms with van der Waals surface area (Å²) in [5.41, 5.74) is 3.95. The predicted octanol–water partition coefficient (Wildman–Crippen LogP) is 4.41. The lowest BCUT2D eigenvalue weighted by Gasteiger charge is -2.12. The second kappa shape index (κ2) is 10.6. The van der Waals surface area contributed by atoms with Crippen LogP contribution in [-0.2, 0) is 6.54 Å². The maximum atomic E-state index is 13.2. The van der Waals surface area contributed by atoms with Gasteiger partial charge < -0.3 is 15.0 Å². The number of rotatable bonds is 9. The van der Waals surface area contributed by atoms with E-state index in [4.69, 9.17) is 9.84 Å². The Hall–Kier alpha value is -3.90. The van der Waals surface area contributed by atoms with Crippen molar-refractivity contribution in [2.45, 2.75) is 6.54 Å². The van der Waals surface area contributed by atoms with E-state index in [-0.39, 0.29) is 5.91 Å². The Morgan fingerprint density at radius 2 is 1.70 bits per heavy atom. The van der Waals surface area contributed by atoms with Crippen LogP contribution in [0.4, 0.5) is 0 Å². The van der Waals surface area contributed by atoms with Gasteiger partial charge in [-0.05, 0) is 43.9 Å². The van der Waals surface area contributed by atoms with Crippen LogP contribution >= 0.6 is 0 Å². The number of aromatic nitrogens is 2. The van der Waals surface area contributed by atoms with E-state index >= 15 is 0 Å². The topological polar surface area (TPSA) is 59.4 Å². The van der Waals surface area contributed by atoms with Crippen molar-refractivity contribution < 1.29 is 9.53 Å². The van der Waals surface area contributed by atoms with Crippen molar-refractivity contribution >= 4 is 5.91 Å². The molecule has 0 aliphatic heterocycles. The van der Waals surface area contributed by atoms with Gasteiger partial charge in [-0.25, -0.2) is 4.68 Å². The summed E-state index contributed by atoms with van der Waals surface area (Å²) in [5.74, 6) is 0.625. The normalized spacial score (nSPS) is 10.9. The van der Waals surface area contributed by atoms with Gasteiger partial charge >= 0.3 is 0 Å². The molecule has 4 aromatic rings. The van der Waals surface area contributed by atoms with Crippen LogP contribution in [0.3, 0.4) is 0 Å². The monoisotopic (exact) mass is 440 g/mol. The Balaban J connectivity index is 1.52. The Morgan fingerprint density at radius 3 is 2.42 bits per heavy atom. The molecule has 4 rings (SSSR count). The van der Waals surface area contributed by atoms with Crippen molar-refractivity contribution in [3.8, 4) is 22.7 Å². The highest BCUT2D eigenvalue weighted by atomic mass is 16.5. The van der Waals surface area contributed by atoms with E-state index < -0.39 is 0 Å². The number of likely N-dealkylation sites (N-methyl/N-ethyl adjacent to an activating group) is 1. The summed E-state index contributed by atoms with van der Waals surface area (Å²) in [6.45, 7) is 1.85. The molecule has 3 aromatic carbocycles. The van der Waals surface area contributed by atoms with E-state index in [0.29, 0.717) is 24.4 Å². The van der Waals surface area contributed by atoms with E-state index in [1.807, 2.05) is 99.0 Å². The molecule has 1 N–H and O–H groups in total. The molecular weight excluding hydrogens is 412 g/mol. The summed E-state index contributed by atoms with van der Waals surface area (Å²) >= 11 is 0. The highest BCUT2D eigenvalue weighted by Crippen LogP contribution is 2.24. The zero-order valence-electron chi connectivity index (χ0n) is 18.9. The molecule has 0 bridgehead atoms. The van der Waals surface area contributed by atoms with E-state index in [1.54, 1.807) is 10.9 Å². The highest BCUT2D eigenvalue weighted by Gasteiger charge is 2.18. The van der Waals surface area contributed by atoms with Crippen LogP contribution in [0.25, 0.3) is 16.9 Å². The van der Waals surface area contributed by atoms with Gasteiger partial charge in [0.1, 0.15) is 18.1 Å². The molecule has 0 fully saturated rings. The SMILES string of the molecule is CN(C)CCOc1cccc(CNC(=O)c2cn(-c3ccccc3)nc2-c2ccccc2)c1. The lowest BCUT2D eigenvalue weighted by molar-refractivity contribution is 0.0951. The zero-order chi connectivity index (χ0) is 23.0. The van der Waals surface area contributed by atoms with Gasteiger partial charge in [-0.3, -0.25) is 4.79 Å². The first kappa shape index (κ1) is 22.3. The molecule has 0 radical (unpaired) electrons. The fourth-order valence-electron chi connectivity index (χ4n) is 3.43. The lowest BCUT2D eigenvalue weighted by atomic mass is 10.1. The summed E-state index contributed by atoms with van der Waals surface area (Å²) in [5, 5.41) is 7.76. The van der Waals surface area contributed by atoms with Crippen molar-refractivity contribution in [3.05, 3.63) is 102 Å². The number of nitrogens with zero attached hydrogens (tertiary/aromatic N) is 3. The van der Waals surface area contributed by atoms with E-state index in [0.717, 1.165) is 29.1 Å². The van der Waals surface area contributed by atoms with Gasteiger partial charge in [0, 0.05) is 24.8 Å². The molecule has 0 aliphatic carbocycles. The van der Waals surface area contributed by atoms with Gasteiger partial charge in [-0.2, -0.15) is 5.10 Å². The Morgan fingerprint density at radius 1 is 0.970 bits per heavy atom. The fourth-order valence-corrected chi connectivity index (χ4v) is 3.43. The Labute approximate surface area is 194 Å². The second-order valence-corrected chi connectivity index (χ2v) is 8.02. The van der Waals surface area contributed by atoms with Crippen LogP contribution < -0.4 is 10.1 Å². The predicted molar refractivity (Wildman–Crippen MR) is 131 cm³/mol. The molecule has 0 atom stereocenters. The van der Waals surface area contributed by atoms with Gasteiger partial charge in [-0.1, -0.05) is 60.7 Å². The summed E-state index contributed by atoms with van der Waals surface area (Å²) in [7, 11) is 4.03. The summed E-state index contributed by atoms with van der Waals surface area (Å²) < 4.78 is 7.56. The van der Waals surface area contributed by atoms with Crippen LogP contribution in [0.1, 0.15) is 15.9 Å². The average Bonchev–Trinajstić information content (AvgIpc) is 3.29. The number of carbonyl (C=O) groups excluding carboxylic acids is 1. The molecular formula is C27H28N4O2. The molecule has 6 heteroatoms. The van der Waals surface area contributed by atoms with E-state index in [9.17, 15) is 4.79 Å². The van der Waals surface area contributed by atoms with Crippen molar-refractivity contribution in [2.24, 2.45) is 0 Å². The first-order valence-corrected chi connectivity index (χ1v) is 11.0. The molecule has 0 spiro atoms. The average molecular weight is 441 g/mol. The Bertz CT molecular complexity index is 1190. The zero-order valence-corrected chi connectivity index (χ0v) is 18.9. The third-order valence-electron chi connectivity index (χ3n) is 5.19.